The molecular weight excluding hydrogens is 192 g/mol. The third-order valence-electron chi connectivity index (χ3n) is 2.45. The van der Waals surface area contributed by atoms with Crippen molar-refractivity contribution in [3.63, 3.8) is 0 Å². The summed E-state index contributed by atoms with van der Waals surface area (Å²) in [6.45, 7) is 6.06. The molecule has 1 amide bonds. The molecule has 0 rings (SSSR count). The van der Waals surface area contributed by atoms with E-state index in [2.05, 4.69) is 18.7 Å². The smallest absolute Gasteiger partial charge is 0.223 e. The van der Waals surface area contributed by atoms with Gasteiger partial charge >= 0.3 is 0 Å². The lowest BCUT2D eigenvalue weighted by molar-refractivity contribution is -0.129. The predicted octanol–water partition coefficient (Wildman–Crippen LogP) is 0.557. The number of amides is 1. The summed E-state index contributed by atoms with van der Waals surface area (Å²) in [7, 11) is 3.55. The van der Waals surface area contributed by atoms with Crippen LogP contribution in [0.3, 0.4) is 0 Å². The van der Waals surface area contributed by atoms with Gasteiger partial charge in [-0.2, -0.15) is 0 Å². The van der Waals surface area contributed by atoms with Gasteiger partial charge in [-0.25, -0.2) is 0 Å². The van der Waals surface area contributed by atoms with Gasteiger partial charge in [-0.15, -0.1) is 0 Å². The minimum absolute atomic E-state index is 0.157. The van der Waals surface area contributed by atoms with Crippen LogP contribution in [-0.2, 0) is 4.79 Å². The average Bonchev–Trinajstić information content (AvgIpc) is 2.16. The molecule has 0 aromatic carbocycles. The normalized spacial score (nSPS) is 11.1. The molecule has 0 unspecified atom stereocenters. The minimum Gasteiger partial charge on any atom is -0.396 e. The zero-order valence-electron chi connectivity index (χ0n) is 10.4. The second kappa shape index (κ2) is 7.65. The van der Waals surface area contributed by atoms with E-state index in [-0.39, 0.29) is 12.5 Å². The molecule has 0 saturated heterocycles. The highest BCUT2D eigenvalue weighted by Crippen LogP contribution is 2.02. The van der Waals surface area contributed by atoms with E-state index in [0.29, 0.717) is 12.5 Å². The van der Waals surface area contributed by atoms with Crippen LogP contribution in [0, 0.1) is 0 Å². The molecule has 0 aliphatic carbocycles. The number of aliphatic hydroxyl groups excluding tert-OH is 1. The topological polar surface area (TPSA) is 43.8 Å². The van der Waals surface area contributed by atoms with Crippen molar-refractivity contribution < 1.29 is 9.90 Å². The Bertz CT molecular complexity index is 181. The Balaban J connectivity index is 3.90. The van der Waals surface area contributed by atoms with E-state index >= 15 is 0 Å². The molecule has 0 aromatic heterocycles. The van der Waals surface area contributed by atoms with E-state index in [1.54, 1.807) is 19.0 Å². The van der Waals surface area contributed by atoms with Gasteiger partial charge in [-0.05, 0) is 20.3 Å². The van der Waals surface area contributed by atoms with Crippen LogP contribution in [0.15, 0.2) is 0 Å². The van der Waals surface area contributed by atoms with Crippen molar-refractivity contribution in [3.05, 3.63) is 0 Å². The van der Waals surface area contributed by atoms with E-state index in [4.69, 9.17) is 5.11 Å². The SMILES string of the molecule is CC(C)N(CCCO)CCC(=O)N(C)C. The minimum atomic E-state index is 0.157. The number of carbonyl (C=O) groups is 1. The zero-order chi connectivity index (χ0) is 11.8. The summed E-state index contributed by atoms with van der Waals surface area (Å²) in [5.41, 5.74) is 0. The summed E-state index contributed by atoms with van der Waals surface area (Å²) >= 11 is 0. The number of hydrogen-bond donors (Lipinski definition) is 1. The number of hydrogen-bond acceptors (Lipinski definition) is 3. The summed E-state index contributed by atoms with van der Waals surface area (Å²) in [6, 6.07) is 0.423. The lowest BCUT2D eigenvalue weighted by atomic mass is 10.2. The summed E-state index contributed by atoms with van der Waals surface area (Å²) in [6.07, 6.45) is 1.32. The van der Waals surface area contributed by atoms with E-state index < -0.39 is 0 Å². The van der Waals surface area contributed by atoms with Crippen LogP contribution < -0.4 is 0 Å². The number of nitrogens with zero attached hydrogens (tertiary/aromatic N) is 2. The molecule has 0 aromatic rings. The molecule has 0 bridgehead atoms. The van der Waals surface area contributed by atoms with Crippen LogP contribution in [0.25, 0.3) is 0 Å². The van der Waals surface area contributed by atoms with Crippen molar-refractivity contribution in [3.8, 4) is 0 Å². The van der Waals surface area contributed by atoms with Crippen LogP contribution in [0.1, 0.15) is 26.7 Å². The number of aliphatic hydroxyl groups is 1. The molecule has 1 N–H and O–H groups in total. The van der Waals surface area contributed by atoms with Gasteiger partial charge in [0.2, 0.25) is 5.91 Å². The van der Waals surface area contributed by atoms with Gasteiger partial charge in [0.25, 0.3) is 0 Å². The van der Waals surface area contributed by atoms with E-state index in [9.17, 15) is 4.79 Å². The quantitative estimate of drug-likeness (QED) is 0.676. The highest BCUT2D eigenvalue weighted by Gasteiger charge is 2.11. The van der Waals surface area contributed by atoms with E-state index in [0.717, 1.165) is 19.5 Å². The maximum atomic E-state index is 11.4. The molecule has 0 spiro atoms. The highest BCUT2D eigenvalue weighted by atomic mass is 16.3. The molecule has 90 valence electrons. The molecule has 0 atom stereocenters. The average molecular weight is 216 g/mol. The molecule has 0 aliphatic heterocycles. The fourth-order valence-corrected chi connectivity index (χ4v) is 1.36. The third-order valence-corrected chi connectivity index (χ3v) is 2.45. The van der Waals surface area contributed by atoms with Gasteiger partial charge in [-0.1, -0.05) is 0 Å². The van der Waals surface area contributed by atoms with Gasteiger partial charge in [0.1, 0.15) is 0 Å². The van der Waals surface area contributed by atoms with Crippen LogP contribution in [0.2, 0.25) is 0 Å². The number of carbonyl (C=O) groups excluding carboxylic acids is 1. The Morgan fingerprint density at radius 2 is 1.87 bits per heavy atom. The molecule has 0 aliphatic rings. The van der Waals surface area contributed by atoms with Crippen molar-refractivity contribution in [2.24, 2.45) is 0 Å². The molecule has 4 heteroatoms. The number of rotatable bonds is 7. The zero-order valence-corrected chi connectivity index (χ0v) is 10.4. The second-order valence-electron chi connectivity index (χ2n) is 4.25. The Labute approximate surface area is 92.9 Å². The van der Waals surface area contributed by atoms with Gasteiger partial charge < -0.3 is 14.9 Å². The third kappa shape index (κ3) is 6.47. The molecule has 15 heavy (non-hydrogen) atoms. The first-order valence-corrected chi connectivity index (χ1v) is 5.54. The molecule has 0 fully saturated rings. The van der Waals surface area contributed by atoms with Crippen molar-refractivity contribution in [1.82, 2.24) is 9.80 Å². The Morgan fingerprint density at radius 3 is 2.27 bits per heavy atom. The maximum Gasteiger partial charge on any atom is 0.223 e. The van der Waals surface area contributed by atoms with E-state index in [1.807, 2.05) is 0 Å². The Morgan fingerprint density at radius 1 is 1.27 bits per heavy atom. The van der Waals surface area contributed by atoms with Gasteiger partial charge in [0, 0.05) is 46.3 Å². The molecule has 0 saturated carbocycles. The van der Waals surface area contributed by atoms with Crippen LogP contribution in [-0.4, -0.2) is 60.6 Å². The fourth-order valence-electron chi connectivity index (χ4n) is 1.36. The van der Waals surface area contributed by atoms with E-state index in [1.165, 1.54) is 0 Å². The first-order valence-electron chi connectivity index (χ1n) is 5.54. The summed E-state index contributed by atoms with van der Waals surface area (Å²) in [4.78, 5) is 15.2. The maximum absolute atomic E-state index is 11.4. The molecule has 4 nitrogen and oxygen atoms in total. The van der Waals surface area contributed by atoms with Gasteiger partial charge in [0.15, 0.2) is 0 Å². The Kier molecular flexibility index (Phi) is 7.34. The summed E-state index contributed by atoms with van der Waals surface area (Å²) in [5, 5.41) is 8.76. The lowest BCUT2D eigenvalue weighted by Gasteiger charge is -2.26. The lowest BCUT2D eigenvalue weighted by Crippen LogP contribution is -2.36. The van der Waals surface area contributed by atoms with Gasteiger partial charge in [0.05, 0.1) is 0 Å². The fraction of sp³-hybridized carbons (Fsp3) is 0.909. The van der Waals surface area contributed by atoms with Crippen molar-refractivity contribution in [2.75, 3.05) is 33.8 Å². The Hall–Kier alpha value is -0.610. The monoisotopic (exact) mass is 216 g/mol. The van der Waals surface area contributed by atoms with Crippen LogP contribution in [0.4, 0.5) is 0 Å². The highest BCUT2D eigenvalue weighted by molar-refractivity contribution is 5.75. The van der Waals surface area contributed by atoms with Gasteiger partial charge in [-0.3, -0.25) is 4.79 Å². The largest absolute Gasteiger partial charge is 0.396 e. The molecule has 0 radical (unpaired) electrons. The van der Waals surface area contributed by atoms with Crippen molar-refractivity contribution in [1.29, 1.82) is 0 Å². The second-order valence-corrected chi connectivity index (χ2v) is 4.25. The van der Waals surface area contributed by atoms with Crippen LogP contribution >= 0.6 is 0 Å². The van der Waals surface area contributed by atoms with Crippen molar-refractivity contribution in [2.45, 2.75) is 32.7 Å². The first-order chi connectivity index (χ1) is 6.99. The summed E-state index contributed by atoms with van der Waals surface area (Å²) < 4.78 is 0. The molecule has 0 heterocycles. The van der Waals surface area contributed by atoms with Crippen LogP contribution in [0.5, 0.6) is 0 Å². The molecular formula is C11H24N2O2. The predicted molar refractivity (Wildman–Crippen MR) is 61.7 cm³/mol. The first kappa shape index (κ1) is 14.4. The standard InChI is InChI=1S/C11H24N2O2/c1-10(2)13(7-5-9-14)8-6-11(15)12(3)4/h10,14H,5-9H2,1-4H3. The summed E-state index contributed by atoms with van der Waals surface area (Å²) in [5.74, 6) is 0.157. The van der Waals surface area contributed by atoms with Crippen molar-refractivity contribution >= 4 is 5.91 Å².